The molecule has 5 nitrogen and oxygen atoms in total. The zero-order valence-electron chi connectivity index (χ0n) is 12.4. The molecule has 1 unspecified atom stereocenters. The van der Waals surface area contributed by atoms with Crippen LogP contribution >= 0.6 is 22.6 Å². The van der Waals surface area contributed by atoms with Crippen LogP contribution in [0.25, 0.3) is 0 Å². The van der Waals surface area contributed by atoms with E-state index in [2.05, 4.69) is 41.8 Å². The first-order valence-electron chi connectivity index (χ1n) is 6.19. The van der Waals surface area contributed by atoms with Gasteiger partial charge in [-0.1, -0.05) is 22.6 Å². The lowest BCUT2D eigenvalue weighted by atomic mass is 9.78. The fraction of sp³-hybridized carbons (Fsp3) is 1.00. The Labute approximate surface area is 132 Å². The molecule has 8 heteroatoms. The number of alkyl halides is 1. The van der Waals surface area contributed by atoms with Gasteiger partial charge in [0.15, 0.2) is 7.85 Å². The van der Waals surface area contributed by atoms with Crippen molar-refractivity contribution in [3.8, 4) is 0 Å². The molecule has 0 aliphatic heterocycles. The van der Waals surface area contributed by atoms with Gasteiger partial charge in [0.05, 0.1) is 23.7 Å². The van der Waals surface area contributed by atoms with E-state index in [1.807, 2.05) is 20.9 Å². The summed E-state index contributed by atoms with van der Waals surface area (Å²) in [5, 5.41) is 3.35. The quantitative estimate of drug-likeness (QED) is 0.159. The molecule has 0 heterocycles. The van der Waals surface area contributed by atoms with Crippen molar-refractivity contribution >= 4 is 40.6 Å². The van der Waals surface area contributed by atoms with Crippen molar-refractivity contribution in [2.24, 2.45) is 0 Å². The van der Waals surface area contributed by atoms with E-state index in [1.54, 1.807) is 0 Å². The van der Waals surface area contributed by atoms with Gasteiger partial charge in [0.1, 0.15) is 5.75 Å². The zero-order chi connectivity index (χ0) is 15.5. The topological polar surface area (TPSA) is 66.4 Å². The van der Waals surface area contributed by atoms with Crippen molar-refractivity contribution < 1.29 is 17.5 Å². The Morgan fingerprint density at radius 1 is 1.26 bits per heavy atom. The van der Waals surface area contributed by atoms with Crippen molar-refractivity contribution in [2.45, 2.75) is 36.7 Å². The first-order chi connectivity index (χ1) is 8.16. The predicted molar refractivity (Wildman–Crippen MR) is 88.3 cm³/mol. The highest BCUT2D eigenvalue weighted by atomic mass is 127. The van der Waals surface area contributed by atoms with Crippen molar-refractivity contribution in [1.82, 2.24) is 5.32 Å². The SMILES string of the molecule is [B]C(C)(C)[N+](C)(CCNC(C)(C)I)CCS(=O)(=O)O. The van der Waals surface area contributed by atoms with Gasteiger partial charge in [-0.15, -0.1) is 0 Å². The Bertz CT molecular complexity index is 390. The number of nitrogens with zero attached hydrogens (tertiary/aromatic N) is 1. The summed E-state index contributed by atoms with van der Waals surface area (Å²) in [6, 6.07) is 0. The van der Waals surface area contributed by atoms with E-state index < -0.39 is 15.6 Å². The molecule has 0 aromatic rings. The molecule has 0 aromatic carbocycles. The van der Waals surface area contributed by atoms with Crippen molar-refractivity contribution in [1.29, 1.82) is 0 Å². The third kappa shape index (κ3) is 8.49. The van der Waals surface area contributed by atoms with Crippen LogP contribution in [0.1, 0.15) is 27.7 Å². The molecule has 0 spiro atoms. The molecule has 0 fully saturated rings. The van der Waals surface area contributed by atoms with Gasteiger partial charge in [-0.3, -0.25) is 9.87 Å². The van der Waals surface area contributed by atoms with E-state index >= 15 is 0 Å². The molecule has 0 amide bonds. The Balaban J connectivity index is 4.72. The molecule has 0 aliphatic rings. The largest absolute Gasteiger partial charge is 0.328 e. The zero-order valence-corrected chi connectivity index (χ0v) is 15.4. The molecule has 1 atom stereocenters. The summed E-state index contributed by atoms with van der Waals surface area (Å²) >= 11 is 2.30. The maximum Gasteiger partial charge on any atom is 0.270 e. The number of rotatable bonds is 8. The van der Waals surface area contributed by atoms with Gasteiger partial charge in [0, 0.05) is 12.0 Å². The van der Waals surface area contributed by atoms with Crippen LogP contribution < -0.4 is 5.32 Å². The van der Waals surface area contributed by atoms with Crippen LogP contribution in [-0.4, -0.2) is 66.7 Å². The van der Waals surface area contributed by atoms with E-state index in [-0.39, 0.29) is 15.8 Å². The van der Waals surface area contributed by atoms with Crippen LogP contribution in [0.3, 0.4) is 0 Å². The molecule has 112 valence electrons. The second kappa shape index (κ2) is 6.59. The summed E-state index contributed by atoms with van der Waals surface area (Å²) in [6.45, 7) is 9.54. The van der Waals surface area contributed by atoms with Crippen LogP contribution in [0.2, 0.25) is 0 Å². The van der Waals surface area contributed by atoms with Crippen LogP contribution in [0.4, 0.5) is 0 Å². The fourth-order valence-electron chi connectivity index (χ4n) is 1.60. The van der Waals surface area contributed by atoms with E-state index in [4.69, 9.17) is 12.4 Å². The third-order valence-electron chi connectivity index (χ3n) is 3.38. The van der Waals surface area contributed by atoms with Gasteiger partial charge in [0.25, 0.3) is 10.1 Å². The minimum Gasteiger partial charge on any atom is -0.328 e. The summed E-state index contributed by atoms with van der Waals surface area (Å²) in [7, 11) is 4.10. The summed E-state index contributed by atoms with van der Waals surface area (Å²) in [5.41, 5.74) is -0.582. The van der Waals surface area contributed by atoms with Crippen molar-refractivity contribution in [3.63, 3.8) is 0 Å². The second-order valence-electron chi connectivity index (χ2n) is 6.18. The van der Waals surface area contributed by atoms with E-state index in [1.165, 1.54) is 0 Å². The maximum atomic E-state index is 10.9. The van der Waals surface area contributed by atoms with Crippen LogP contribution in [0.15, 0.2) is 0 Å². The van der Waals surface area contributed by atoms with Gasteiger partial charge in [-0.05, 0) is 27.7 Å². The van der Waals surface area contributed by atoms with Gasteiger partial charge >= 0.3 is 0 Å². The molecule has 0 aliphatic carbocycles. The monoisotopic (exact) mass is 403 g/mol. The molecular formula is C11H25BIN2O3S+. The summed E-state index contributed by atoms with van der Waals surface area (Å²) in [4.78, 5) is 0. The molecule has 0 rings (SSSR count). The lowest BCUT2D eigenvalue weighted by molar-refractivity contribution is -0.938. The molecule has 2 radical (unpaired) electrons. The Morgan fingerprint density at radius 2 is 1.74 bits per heavy atom. The van der Waals surface area contributed by atoms with Crippen molar-refractivity contribution in [3.05, 3.63) is 0 Å². The first-order valence-corrected chi connectivity index (χ1v) is 8.88. The highest BCUT2D eigenvalue weighted by Crippen LogP contribution is 2.19. The maximum absolute atomic E-state index is 10.9. The normalized spacial score (nSPS) is 17.2. The van der Waals surface area contributed by atoms with E-state index in [0.717, 1.165) is 6.54 Å². The Hall–Kier alpha value is 0.625. The third-order valence-corrected chi connectivity index (χ3v) is 4.46. The number of hydrogen-bond acceptors (Lipinski definition) is 3. The summed E-state index contributed by atoms with van der Waals surface area (Å²) < 4.78 is 31.1. The molecule has 0 saturated heterocycles. The fourth-order valence-corrected chi connectivity index (χ4v) is 2.51. The molecular weight excluding hydrogens is 378 g/mol. The number of nitrogens with one attached hydrogen (secondary N) is 1. The molecule has 0 saturated carbocycles. The number of quaternary nitrogens is 1. The van der Waals surface area contributed by atoms with Crippen LogP contribution in [0.5, 0.6) is 0 Å². The lowest BCUT2D eigenvalue weighted by Gasteiger charge is -2.46. The van der Waals surface area contributed by atoms with Gasteiger partial charge in [-0.25, -0.2) is 0 Å². The van der Waals surface area contributed by atoms with E-state index in [9.17, 15) is 8.42 Å². The minimum absolute atomic E-state index is 0.0234. The average molecular weight is 403 g/mol. The molecule has 0 aromatic heterocycles. The average Bonchev–Trinajstić information content (AvgIpc) is 2.09. The molecule has 0 bridgehead atoms. The first kappa shape index (κ1) is 19.6. The number of halogens is 1. The minimum atomic E-state index is -3.96. The highest BCUT2D eigenvalue weighted by molar-refractivity contribution is 14.1. The van der Waals surface area contributed by atoms with Gasteiger partial charge < -0.3 is 4.48 Å². The predicted octanol–water partition coefficient (Wildman–Crippen LogP) is 0.986. The van der Waals surface area contributed by atoms with Gasteiger partial charge in [0.2, 0.25) is 0 Å². The standard InChI is InChI=1S/C11H24BIN2O3S/c1-10(2,12)15(5,8-9-19(16,17)18)7-6-14-11(3,4)13/h14H,6-9H2,1-5H3/p+1. The molecule has 2 N–H and O–H groups in total. The van der Waals surface area contributed by atoms with Crippen molar-refractivity contribution in [2.75, 3.05) is 32.4 Å². The van der Waals surface area contributed by atoms with Crippen LogP contribution in [-0.2, 0) is 10.1 Å². The number of likely N-dealkylation sites (N-methyl/N-ethyl adjacent to an activating group) is 1. The lowest BCUT2D eigenvalue weighted by Crippen LogP contribution is -2.63. The highest BCUT2D eigenvalue weighted by Gasteiger charge is 2.36. The molecule has 19 heavy (non-hydrogen) atoms. The Morgan fingerprint density at radius 3 is 2.05 bits per heavy atom. The second-order valence-corrected chi connectivity index (χ2v) is 10.5. The van der Waals surface area contributed by atoms with Gasteiger partial charge in [-0.2, -0.15) is 8.42 Å². The Kier molecular flexibility index (Phi) is 6.81. The summed E-state index contributed by atoms with van der Waals surface area (Å²) in [5.74, 6) is -0.280. The summed E-state index contributed by atoms with van der Waals surface area (Å²) in [6.07, 6.45) is 0. The smallest absolute Gasteiger partial charge is 0.270 e. The number of hydrogen-bond donors (Lipinski definition) is 2. The van der Waals surface area contributed by atoms with Crippen LogP contribution in [0, 0.1) is 0 Å². The van der Waals surface area contributed by atoms with E-state index in [0.29, 0.717) is 11.0 Å².